The van der Waals surface area contributed by atoms with Gasteiger partial charge in [-0.1, -0.05) is 58.0 Å². The van der Waals surface area contributed by atoms with Gasteiger partial charge in [-0.05, 0) is 117 Å². The zero-order valence-corrected chi connectivity index (χ0v) is 26.1. The van der Waals surface area contributed by atoms with Crippen LogP contribution >= 0.6 is 0 Å². The highest BCUT2D eigenvalue weighted by Crippen LogP contribution is 2.67. The third-order valence-corrected chi connectivity index (χ3v) is 12.6. The van der Waals surface area contributed by atoms with Gasteiger partial charge in [0.15, 0.2) is 5.78 Å². The third-order valence-electron chi connectivity index (χ3n) is 12.6. The Kier molecular flexibility index (Phi) is 8.86. The number of rotatable bonds is 9. The zero-order valence-electron chi connectivity index (χ0n) is 26.1. The van der Waals surface area contributed by atoms with E-state index in [1.165, 1.54) is 32.1 Å². The lowest BCUT2D eigenvalue weighted by Crippen LogP contribution is -2.54. The van der Waals surface area contributed by atoms with Crippen LogP contribution in [0.3, 0.4) is 0 Å². The van der Waals surface area contributed by atoms with Crippen LogP contribution in [0.4, 0.5) is 0 Å². The third kappa shape index (κ3) is 5.82. The summed E-state index contributed by atoms with van der Waals surface area (Å²) < 4.78 is 6.20. The molecule has 226 valence electrons. The lowest BCUT2D eigenvalue weighted by Gasteiger charge is -2.61. The predicted octanol–water partition coefficient (Wildman–Crippen LogP) is 6.95. The smallest absolute Gasteiger partial charge is 0.309 e. The number of benzene rings is 1. The summed E-state index contributed by atoms with van der Waals surface area (Å²) >= 11 is 0. The molecule has 0 aliphatic heterocycles. The molecule has 41 heavy (non-hydrogen) atoms. The van der Waals surface area contributed by atoms with Crippen molar-refractivity contribution < 1.29 is 19.1 Å². The minimum Gasteiger partial charge on any atom is -0.462 e. The summed E-state index contributed by atoms with van der Waals surface area (Å²) in [6.45, 7) is 10.7. The van der Waals surface area contributed by atoms with Crippen LogP contribution in [0.5, 0.6) is 0 Å². The highest BCUT2D eigenvalue weighted by atomic mass is 16.5. The highest BCUT2D eigenvalue weighted by Gasteiger charge is 2.61. The first-order valence-corrected chi connectivity index (χ1v) is 16.5. The Labute approximate surface area is 247 Å². The number of carbonyl (C=O) groups excluding carboxylic acids is 3. The molecule has 2 N–H and O–H groups in total. The molecule has 0 amide bonds. The van der Waals surface area contributed by atoms with Crippen molar-refractivity contribution in [3.8, 4) is 0 Å². The number of hydrogen-bond acceptors (Lipinski definition) is 5. The second-order valence-electron chi connectivity index (χ2n) is 15.1. The molecule has 0 heterocycles. The maximum absolute atomic E-state index is 13.4. The van der Waals surface area contributed by atoms with Gasteiger partial charge in [0.25, 0.3) is 0 Å². The van der Waals surface area contributed by atoms with Gasteiger partial charge in [-0.2, -0.15) is 0 Å². The number of ether oxygens (including phenoxy) is 1. The lowest BCUT2D eigenvalue weighted by molar-refractivity contribution is -0.169. The molecular weight excluding hydrogens is 510 g/mol. The number of nitrogens with two attached hydrogens (primary N) is 1. The van der Waals surface area contributed by atoms with E-state index in [1.54, 1.807) is 0 Å². The fourth-order valence-corrected chi connectivity index (χ4v) is 10.2. The molecule has 0 saturated heterocycles. The van der Waals surface area contributed by atoms with Crippen LogP contribution in [0.1, 0.15) is 104 Å². The van der Waals surface area contributed by atoms with Crippen LogP contribution in [0.2, 0.25) is 0 Å². The molecule has 4 aliphatic carbocycles. The van der Waals surface area contributed by atoms with E-state index < -0.39 is 12.0 Å². The lowest BCUT2D eigenvalue weighted by atomic mass is 9.44. The van der Waals surface area contributed by atoms with E-state index in [2.05, 4.69) is 13.8 Å². The van der Waals surface area contributed by atoms with E-state index in [0.717, 1.165) is 37.2 Å². The van der Waals surface area contributed by atoms with Gasteiger partial charge in [-0.3, -0.25) is 14.4 Å². The van der Waals surface area contributed by atoms with Gasteiger partial charge in [0.2, 0.25) is 0 Å². The fraction of sp³-hybridized carbons (Fsp3) is 0.750. The summed E-state index contributed by atoms with van der Waals surface area (Å²) in [6, 6.07) is 9.20. The van der Waals surface area contributed by atoms with Crippen LogP contribution in [0.15, 0.2) is 30.3 Å². The number of hydrogen-bond donors (Lipinski definition) is 1. The number of Topliss-reactive ketones (excluding diaryl/α,β-unsaturated/α-hetero) is 2. The van der Waals surface area contributed by atoms with Crippen LogP contribution in [0.25, 0.3) is 0 Å². The summed E-state index contributed by atoms with van der Waals surface area (Å²) in [7, 11) is 0. The molecule has 4 aliphatic rings. The Balaban J connectivity index is 1.19. The summed E-state index contributed by atoms with van der Waals surface area (Å²) in [6.07, 6.45) is 10.7. The van der Waals surface area contributed by atoms with Gasteiger partial charge >= 0.3 is 5.97 Å². The monoisotopic (exact) mass is 563 g/mol. The summed E-state index contributed by atoms with van der Waals surface area (Å²) in [4.78, 5) is 38.9. The molecule has 10 atom stereocenters. The molecular formula is C36H53NO4. The molecule has 5 nitrogen and oxygen atoms in total. The van der Waals surface area contributed by atoms with Gasteiger partial charge in [0.05, 0.1) is 12.0 Å². The highest BCUT2D eigenvalue weighted by molar-refractivity contribution is 5.88. The summed E-state index contributed by atoms with van der Waals surface area (Å²) in [5.41, 5.74) is 7.78. The quantitative estimate of drug-likeness (QED) is 0.329. The van der Waals surface area contributed by atoms with E-state index in [1.807, 2.05) is 51.1 Å². The number of esters is 1. The summed E-state index contributed by atoms with van der Waals surface area (Å²) in [5.74, 6) is 2.62. The van der Waals surface area contributed by atoms with Crippen molar-refractivity contribution >= 4 is 17.5 Å². The number of carbonyl (C=O) groups is 3. The van der Waals surface area contributed by atoms with Crippen molar-refractivity contribution in [2.75, 3.05) is 0 Å². The van der Waals surface area contributed by atoms with E-state index in [0.29, 0.717) is 35.4 Å². The molecule has 5 heteroatoms. The van der Waals surface area contributed by atoms with Crippen molar-refractivity contribution in [1.82, 2.24) is 0 Å². The van der Waals surface area contributed by atoms with E-state index >= 15 is 0 Å². The second-order valence-corrected chi connectivity index (χ2v) is 15.1. The second kappa shape index (κ2) is 11.9. The van der Waals surface area contributed by atoms with Gasteiger partial charge in [0, 0.05) is 12.3 Å². The Hall–Kier alpha value is -2.01. The Morgan fingerprint density at radius 3 is 2.29 bits per heavy atom. The molecule has 1 aromatic rings. The van der Waals surface area contributed by atoms with Crippen molar-refractivity contribution in [1.29, 1.82) is 0 Å². The van der Waals surface area contributed by atoms with Crippen molar-refractivity contribution in [3.63, 3.8) is 0 Å². The normalized spacial score (nSPS) is 37.8. The topological polar surface area (TPSA) is 86.5 Å². The molecule has 1 aromatic carbocycles. The molecule has 5 rings (SSSR count). The molecule has 4 fully saturated rings. The van der Waals surface area contributed by atoms with Crippen LogP contribution in [-0.2, 0) is 25.5 Å². The minimum absolute atomic E-state index is 0.0152. The average Bonchev–Trinajstić information content (AvgIpc) is 3.29. The molecule has 0 radical (unpaired) electrons. The zero-order chi connectivity index (χ0) is 29.5. The van der Waals surface area contributed by atoms with Crippen LogP contribution < -0.4 is 5.73 Å². The fourth-order valence-electron chi connectivity index (χ4n) is 10.2. The van der Waals surface area contributed by atoms with Crippen LogP contribution in [-0.4, -0.2) is 29.7 Å². The molecule has 0 aromatic heterocycles. The molecule has 0 bridgehead atoms. The Morgan fingerprint density at radius 2 is 1.61 bits per heavy atom. The SMILES string of the molecule is CC(=O)[C@H]1CC[C@H]2[C@@H]3CC[C@H]4C[C@H](OC(=O)[C@@H](CC(=O)[C@@H](N)Cc5ccccc5)C(C)C)CC[C@]4(C)[C@H]3CC[C@]12C. The first-order chi connectivity index (χ1) is 19.4. The average molecular weight is 564 g/mol. The molecule has 0 unspecified atom stereocenters. The van der Waals surface area contributed by atoms with Gasteiger partial charge in [0.1, 0.15) is 11.9 Å². The van der Waals surface area contributed by atoms with Gasteiger partial charge < -0.3 is 10.5 Å². The van der Waals surface area contributed by atoms with Crippen molar-refractivity contribution in [3.05, 3.63) is 35.9 Å². The minimum atomic E-state index is -0.611. The Bertz CT molecular complexity index is 1120. The molecule has 0 spiro atoms. The summed E-state index contributed by atoms with van der Waals surface area (Å²) in [5, 5.41) is 0. The Morgan fingerprint density at radius 1 is 0.927 bits per heavy atom. The largest absolute Gasteiger partial charge is 0.462 e. The molecule has 4 saturated carbocycles. The standard InChI is InChI=1S/C36H53NO4/c1-22(2)28(21-33(39)32(37)19-24-9-7-6-8-10-24)34(40)41-26-15-17-35(4)25(20-26)11-12-27-30-14-13-29(23(3)38)36(30,5)18-16-31(27)35/h6-10,22,25-32H,11-21,37H2,1-5H3/t25-,26+,27-,28-,29+,30-,31-,32-,35-,36+/m0/s1. The van der Waals surface area contributed by atoms with Crippen LogP contribution in [0, 0.1) is 52.3 Å². The first-order valence-electron chi connectivity index (χ1n) is 16.5. The predicted molar refractivity (Wildman–Crippen MR) is 162 cm³/mol. The maximum Gasteiger partial charge on any atom is 0.309 e. The maximum atomic E-state index is 13.4. The first kappa shape index (κ1) is 30.4. The van der Waals surface area contributed by atoms with E-state index in [-0.39, 0.29) is 41.5 Å². The number of ketones is 2. The van der Waals surface area contributed by atoms with E-state index in [4.69, 9.17) is 10.5 Å². The van der Waals surface area contributed by atoms with Crippen molar-refractivity contribution in [2.24, 2.45) is 58.0 Å². The number of fused-ring (bicyclic) bond motifs is 5. The van der Waals surface area contributed by atoms with E-state index in [9.17, 15) is 14.4 Å². The van der Waals surface area contributed by atoms with Gasteiger partial charge in [-0.15, -0.1) is 0 Å². The van der Waals surface area contributed by atoms with Gasteiger partial charge in [-0.25, -0.2) is 0 Å². The van der Waals surface area contributed by atoms with Crippen molar-refractivity contribution in [2.45, 2.75) is 117 Å².